The summed E-state index contributed by atoms with van der Waals surface area (Å²) in [5.41, 5.74) is 0.651. The van der Waals surface area contributed by atoms with Gasteiger partial charge in [-0.3, -0.25) is 4.68 Å². The Morgan fingerprint density at radius 2 is 2.11 bits per heavy atom. The second kappa shape index (κ2) is 5.44. The molecule has 0 N–H and O–H groups in total. The molecule has 0 spiro atoms. The molecule has 1 aromatic heterocycles. The Morgan fingerprint density at radius 3 is 2.72 bits per heavy atom. The van der Waals surface area contributed by atoms with Crippen molar-refractivity contribution in [2.24, 2.45) is 0 Å². The summed E-state index contributed by atoms with van der Waals surface area (Å²) in [5, 5.41) is 3.86. The maximum Gasteiger partial charge on any atom is 0.280 e. The lowest BCUT2D eigenvalue weighted by Gasteiger charge is -2.08. The zero-order valence-electron chi connectivity index (χ0n) is 9.28. The van der Waals surface area contributed by atoms with E-state index in [9.17, 15) is 13.2 Å². The van der Waals surface area contributed by atoms with Crippen molar-refractivity contribution in [3.8, 4) is 0 Å². The fraction of sp³-hybridized carbons (Fsp3) is 0.250. The molecule has 2 nitrogen and oxygen atoms in total. The zero-order chi connectivity index (χ0) is 13.1. The molecule has 1 heterocycles. The maximum absolute atomic E-state index is 13.0. The topological polar surface area (TPSA) is 17.8 Å². The average Bonchev–Trinajstić information content (AvgIpc) is 2.72. The van der Waals surface area contributed by atoms with Crippen LogP contribution in [-0.4, -0.2) is 9.78 Å². The van der Waals surface area contributed by atoms with Crippen LogP contribution in [-0.2, 0) is 12.4 Å². The average molecular weight is 275 g/mol. The first-order chi connectivity index (χ1) is 8.61. The SMILES string of the molecule is Fc1cccc(Cn2ncc(CCl)c2C(F)F)c1. The molecule has 0 saturated carbocycles. The van der Waals surface area contributed by atoms with Crippen LogP contribution in [0.15, 0.2) is 30.5 Å². The summed E-state index contributed by atoms with van der Waals surface area (Å²) in [6, 6.07) is 5.77. The van der Waals surface area contributed by atoms with Crippen molar-refractivity contribution in [3.05, 3.63) is 53.1 Å². The number of hydrogen-bond acceptors (Lipinski definition) is 1. The standard InChI is InChI=1S/C12H10ClF3N2/c13-5-9-6-17-18(11(9)12(15)16)7-8-2-1-3-10(14)4-8/h1-4,6,12H,5,7H2. The number of alkyl halides is 3. The molecule has 0 aliphatic carbocycles. The summed E-state index contributed by atoms with van der Waals surface area (Å²) in [6.45, 7) is 0.0916. The number of aromatic nitrogens is 2. The van der Waals surface area contributed by atoms with E-state index in [2.05, 4.69) is 5.10 Å². The van der Waals surface area contributed by atoms with Gasteiger partial charge in [0, 0.05) is 5.56 Å². The van der Waals surface area contributed by atoms with Crippen molar-refractivity contribution in [1.82, 2.24) is 9.78 Å². The first-order valence-corrected chi connectivity index (χ1v) is 5.78. The molecule has 0 unspecified atom stereocenters. The first kappa shape index (κ1) is 13.0. The second-order valence-corrected chi connectivity index (χ2v) is 4.04. The summed E-state index contributed by atoms with van der Waals surface area (Å²) in [7, 11) is 0. The molecule has 6 heteroatoms. The third kappa shape index (κ3) is 2.67. The highest BCUT2D eigenvalue weighted by Gasteiger charge is 2.19. The largest absolute Gasteiger partial charge is 0.280 e. The van der Waals surface area contributed by atoms with Crippen LogP contribution in [0.4, 0.5) is 13.2 Å². The highest BCUT2D eigenvalue weighted by Crippen LogP contribution is 2.24. The van der Waals surface area contributed by atoms with Crippen molar-refractivity contribution in [3.63, 3.8) is 0 Å². The molecule has 0 amide bonds. The second-order valence-electron chi connectivity index (χ2n) is 3.78. The van der Waals surface area contributed by atoms with E-state index in [1.54, 1.807) is 6.07 Å². The van der Waals surface area contributed by atoms with Gasteiger partial charge in [0.05, 0.1) is 18.6 Å². The van der Waals surface area contributed by atoms with E-state index in [1.807, 2.05) is 0 Å². The fourth-order valence-electron chi connectivity index (χ4n) is 1.72. The maximum atomic E-state index is 13.0. The van der Waals surface area contributed by atoms with Gasteiger partial charge < -0.3 is 0 Å². The van der Waals surface area contributed by atoms with E-state index in [0.717, 1.165) is 4.68 Å². The third-order valence-corrected chi connectivity index (χ3v) is 2.82. The molecule has 0 radical (unpaired) electrons. The molecule has 0 bridgehead atoms. The zero-order valence-corrected chi connectivity index (χ0v) is 10.0. The van der Waals surface area contributed by atoms with Crippen molar-refractivity contribution in [2.45, 2.75) is 18.9 Å². The van der Waals surface area contributed by atoms with Crippen molar-refractivity contribution < 1.29 is 13.2 Å². The van der Waals surface area contributed by atoms with E-state index in [-0.39, 0.29) is 18.1 Å². The van der Waals surface area contributed by atoms with E-state index in [0.29, 0.717) is 11.1 Å². The minimum absolute atomic E-state index is 0.0250. The fourth-order valence-corrected chi connectivity index (χ4v) is 1.93. The highest BCUT2D eigenvalue weighted by atomic mass is 35.5. The Morgan fingerprint density at radius 1 is 1.33 bits per heavy atom. The van der Waals surface area contributed by atoms with Gasteiger partial charge >= 0.3 is 0 Å². The normalized spacial score (nSPS) is 11.2. The molecule has 2 rings (SSSR count). The molecule has 1 aromatic carbocycles. The van der Waals surface area contributed by atoms with Gasteiger partial charge in [0.2, 0.25) is 0 Å². The first-order valence-electron chi connectivity index (χ1n) is 5.25. The Bertz CT molecular complexity index is 540. The van der Waals surface area contributed by atoms with Crippen LogP contribution in [0.1, 0.15) is 23.2 Å². The van der Waals surface area contributed by atoms with Crippen LogP contribution < -0.4 is 0 Å². The molecule has 0 aliphatic heterocycles. The summed E-state index contributed by atoms with van der Waals surface area (Å²) in [4.78, 5) is 0. The van der Waals surface area contributed by atoms with Gasteiger partial charge in [-0.05, 0) is 17.7 Å². The molecule has 0 fully saturated rings. The molecule has 0 atom stereocenters. The van der Waals surface area contributed by atoms with Crippen LogP contribution in [0.3, 0.4) is 0 Å². The van der Waals surface area contributed by atoms with Crippen molar-refractivity contribution in [1.29, 1.82) is 0 Å². The predicted octanol–water partition coefficient (Wildman–Crippen LogP) is 3.75. The van der Waals surface area contributed by atoms with Crippen LogP contribution in [0.5, 0.6) is 0 Å². The predicted molar refractivity (Wildman–Crippen MR) is 62.2 cm³/mol. The summed E-state index contributed by atoms with van der Waals surface area (Å²) < 4.78 is 39.9. The lowest BCUT2D eigenvalue weighted by atomic mass is 10.2. The van der Waals surface area contributed by atoms with E-state index in [1.165, 1.54) is 24.4 Å². The Balaban J connectivity index is 2.32. The van der Waals surface area contributed by atoms with Gasteiger partial charge in [0.25, 0.3) is 6.43 Å². The number of rotatable bonds is 4. The quantitative estimate of drug-likeness (QED) is 0.777. The van der Waals surface area contributed by atoms with E-state index >= 15 is 0 Å². The van der Waals surface area contributed by atoms with Gasteiger partial charge in [-0.25, -0.2) is 13.2 Å². The molecule has 0 aliphatic rings. The van der Waals surface area contributed by atoms with Crippen molar-refractivity contribution >= 4 is 11.6 Å². The highest BCUT2D eigenvalue weighted by molar-refractivity contribution is 6.17. The van der Waals surface area contributed by atoms with Crippen molar-refractivity contribution in [2.75, 3.05) is 0 Å². The Labute approximate surface area is 107 Å². The van der Waals surface area contributed by atoms with Gasteiger partial charge in [0.15, 0.2) is 0 Å². The van der Waals surface area contributed by atoms with Gasteiger partial charge in [-0.2, -0.15) is 5.10 Å². The minimum Gasteiger partial charge on any atom is -0.259 e. The molecule has 2 aromatic rings. The number of benzene rings is 1. The van der Waals surface area contributed by atoms with Gasteiger partial charge in [-0.1, -0.05) is 12.1 Å². The number of nitrogens with zero attached hydrogens (tertiary/aromatic N) is 2. The summed E-state index contributed by atoms with van der Waals surface area (Å²) in [5.74, 6) is -0.432. The molecular weight excluding hydrogens is 265 g/mol. The number of hydrogen-bond donors (Lipinski definition) is 0. The number of halogens is 4. The van der Waals surface area contributed by atoms with Crippen LogP contribution in [0.25, 0.3) is 0 Å². The van der Waals surface area contributed by atoms with Crippen LogP contribution in [0, 0.1) is 5.82 Å². The molecule has 0 saturated heterocycles. The smallest absolute Gasteiger partial charge is 0.259 e. The Hall–Kier alpha value is -1.49. The summed E-state index contributed by atoms with van der Waals surface area (Å²) >= 11 is 5.57. The van der Waals surface area contributed by atoms with E-state index in [4.69, 9.17) is 11.6 Å². The Kier molecular flexibility index (Phi) is 3.91. The third-order valence-electron chi connectivity index (χ3n) is 2.53. The van der Waals surface area contributed by atoms with E-state index < -0.39 is 12.2 Å². The lowest BCUT2D eigenvalue weighted by molar-refractivity contribution is 0.139. The molecule has 96 valence electrons. The summed E-state index contributed by atoms with van der Waals surface area (Å²) in [6.07, 6.45) is -1.34. The lowest BCUT2D eigenvalue weighted by Crippen LogP contribution is -2.07. The molecular formula is C12H10ClF3N2. The minimum atomic E-state index is -2.66. The van der Waals surface area contributed by atoms with Crippen LogP contribution in [0.2, 0.25) is 0 Å². The van der Waals surface area contributed by atoms with Crippen LogP contribution >= 0.6 is 11.6 Å². The molecule has 18 heavy (non-hydrogen) atoms. The monoisotopic (exact) mass is 274 g/mol. The van der Waals surface area contributed by atoms with Gasteiger partial charge in [-0.15, -0.1) is 11.6 Å². The van der Waals surface area contributed by atoms with Gasteiger partial charge in [0.1, 0.15) is 11.5 Å².